The fraction of sp³-hybridized carbons (Fsp3) is 0.200. The van der Waals surface area contributed by atoms with Crippen molar-refractivity contribution in [3.63, 3.8) is 0 Å². The molecule has 0 saturated carbocycles. The lowest BCUT2D eigenvalue weighted by Crippen LogP contribution is -2.15. The zero-order valence-corrected chi connectivity index (χ0v) is 16.2. The lowest BCUT2D eigenvalue weighted by Gasteiger charge is -2.10. The second-order valence-electron chi connectivity index (χ2n) is 6.25. The van der Waals surface area contributed by atoms with Gasteiger partial charge in [0.05, 0.1) is 11.4 Å². The van der Waals surface area contributed by atoms with Crippen LogP contribution in [0.4, 0.5) is 5.69 Å². The molecule has 3 rings (SSSR count). The molecule has 7 heteroatoms. The number of nitrogens with zero attached hydrogens (tertiary/aromatic N) is 3. The van der Waals surface area contributed by atoms with Crippen LogP contribution in [0, 0.1) is 13.8 Å². The predicted molar refractivity (Wildman–Crippen MR) is 107 cm³/mol. The summed E-state index contributed by atoms with van der Waals surface area (Å²) < 4.78 is 1.88. The summed E-state index contributed by atoms with van der Waals surface area (Å²) in [5.74, 6) is -0.0219. The lowest BCUT2D eigenvalue weighted by molar-refractivity contribution is -0.113. The molecular weight excluding hydrogens is 360 g/mol. The molecule has 1 amide bonds. The first kappa shape index (κ1) is 18.8. The molecule has 1 aromatic heterocycles. The Balaban J connectivity index is 1.67. The number of carbonyl (C=O) groups is 2. The second kappa shape index (κ2) is 8.18. The van der Waals surface area contributed by atoms with Crippen LogP contribution in [0.1, 0.15) is 28.4 Å². The second-order valence-corrected chi connectivity index (χ2v) is 7.19. The Hall–Kier alpha value is -2.93. The number of anilines is 1. The zero-order valence-electron chi connectivity index (χ0n) is 15.4. The van der Waals surface area contributed by atoms with E-state index >= 15 is 0 Å². The number of nitrogens with one attached hydrogen (secondary N) is 1. The van der Waals surface area contributed by atoms with Gasteiger partial charge in [-0.05, 0) is 44.5 Å². The van der Waals surface area contributed by atoms with Crippen molar-refractivity contribution in [3.05, 3.63) is 65.5 Å². The van der Waals surface area contributed by atoms with E-state index < -0.39 is 0 Å². The number of rotatable bonds is 6. The molecule has 0 fully saturated rings. The summed E-state index contributed by atoms with van der Waals surface area (Å²) >= 11 is 1.31. The van der Waals surface area contributed by atoms with Crippen molar-refractivity contribution >= 4 is 29.1 Å². The summed E-state index contributed by atoms with van der Waals surface area (Å²) in [6.07, 6.45) is 1.65. The smallest absolute Gasteiger partial charge is 0.234 e. The standard InChI is InChI=1S/C20H20N4O2S/c1-13-7-8-18(14(2)9-13)24-12-21-23-20(24)27-11-19(26)22-17-6-4-5-16(10-17)15(3)25/h4-10,12H,11H2,1-3H3,(H,22,26). The van der Waals surface area contributed by atoms with Crippen molar-refractivity contribution < 1.29 is 9.59 Å². The first-order chi connectivity index (χ1) is 12.9. The van der Waals surface area contributed by atoms with Gasteiger partial charge in [-0.3, -0.25) is 14.2 Å². The third kappa shape index (κ3) is 4.62. The van der Waals surface area contributed by atoms with Crippen molar-refractivity contribution in [2.45, 2.75) is 25.9 Å². The van der Waals surface area contributed by atoms with Crippen LogP contribution >= 0.6 is 11.8 Å². The van der Waals surface area contributed by atoms with Crippen LogP contribution in [-0.4, -0.2) is 32.2 Å². The average molecular weight is 380 g/mol. The number of hydrogen-bond donors (Lipinski definition) is 1. The Labute approximate surface area is 162 Å². The maximum Gasteiger partial charge on any atom is 0.234 e. The van der Waals surface area contributed by atoms with Gasteiger partial charge < -0.3 is 5.32 Å². The Bertz CT molecular complexity index is 997. The molecule has 0 bridgehead atoms. The maximum atomic E-state index is 12.3. The molecule has 0 aliphatic heterocycles. The molecule has 1 N–H and O–H groups in total. The summed E-state index contributed by atoms with van der Waals surface area (Å²) in [5, 5.41) is 11.6. The first-order valence-electron chi connectivity index (χ1n) is 8.45. The zero-order chi connectivity index (χ0) is 19.4. The van der Waals surface area contributed by atoms with E-state index in [0.717, 1.165) is 11.3 Å². The van der Waals surface area contributed by atoms with Crippen molar-refractivity contribution in [2.24, 2.45) is 0 Å². The van der Waals surface area contributed by atoms with E-state index in [1.807, 2.05) is 30.5 Å². The van der Waals surface area contributed by atoms with E-state index in [4.69, 9.17) is 0 Å². The van der Waals surface area contributed by atoms with Gasteiger partial charge in [0.1, 0.15) is 6.33 Å². The normalized spacial score (nSPS) is 10.6. The Morgan fingerprint density at radius 2 is 1.96 bits per heavy atom. The predicted octanol–water partition coefficient (Wildman–Crippen LogP) is 3.82. The molecule has 0 saturated heterocycles. The fourth-order valence-electron chi connectivity index (χ4n) is 2.71. The minimum Gasteiger partial charge on any atom is -0.325 e. The number of amides is 1. The van der Waals surface area contributed by atoms with Crippen LogP contribution in [-0.2, 0) is 4.79 Å². The van der Waals surface area contributed by atoms with E-state index in [0.29, 0.717) is 16.4 Å². The Kier molecular flexibility index (Phi) is 5.71. The molecule has 27 heavy (non-hydrogen) atoms. The minimum absolute atomic E-state index is 0.0398. The third-order valence-electron chi connectivity index (χ3n) is 4.01. The van der Waals surface area contributed by atoms with E-state index in [9.17, 15) is 9.59 Å². The van der Waals surface area contributed by atoms with E-state index in [-0.39, 0.29) is 17.4 Å². The molecular formula is C20H20N4O2S. The highest BCUT2D eigenvalue weighted by molar-refractivity contribution is 7.99. The monoisotopic (exact) mass is 380 g/mol. The molecule has 2 aromatic carbocycles. The molecule has 0 aliphatic rings. The van der Waals surface area contributed by atoms with Gasteiger partial charge >= 0.3 is 0 Å². The summed E-state index contributed by atoms with van der Waals surface area (Å²) in [7, 11) is 0. The number of ketones is 1. The van der Waals surface area contributed by atoms with Crippen molar-refractivity contribution in [3.8, 4) is 5.69 Å². The van der Waals surface area contributed by atoms with Gasteiger partial charge in [-0.15, -0.1) is 10.2 Å². The highest BCUT2D eigenvalue weighted by Crippen LogP contribution is 2.23. The van der Waals surface area contributed by atoms with Crippen LogP contribution in [0.5, 0.6) is 0 Å². The number of Topliss-reactive ketones (excluding diaryl/α,β-unsaturated/α-hetero) is 1. The number of aromatic nitrogens is 3. The van der Waals surface area contributed by atoms with Gasteiger partial charge in [-0.25, -0.2) is 0 Å². The van der Waals surface area contributed by atoms with E-state index in [2.05, 4.69) is 21.6 Å². The summed E-state index contributed by atoms with van der Waals surface area (Å²) in [4.78, 5) is 23.7. The Morgan fingerprint density at radius 1 is 1.15 bits per heavy atom. The lowest BCUT2D eigenvalue weighted by atomic mass is 10.1. The van der Waals surface area contributed by atoms with Crippen molar-refractivity contribution in [1.82, 2.24) is 14.8 Å². The van der Waals surface area contributed by atoms with Crippen LogP contribution in [0.3, 0.4) is 0 Å². The van der Waals surface area contributed by atoms with Crippen LogP contribution in [0.25, 0.3) is 5.69 Å². The van der Waals surface area contributed by atoms with Gasteiger partial charge in [-0.1, -0.05) is 41.6 Å². The van der Waals surface area contributed by atoms with Crippen molar-refractivity contribution in [2.75, 3.05) is 11.1 Å². The maximum absolute atomic E-state index is 12.3. The SMILES string of the molecule is CC(=O)c1cccc(NC(=O)CSc2nncn2-c2ccc(C)cc2C)c1. The fourth-order valence-corrected chi connectivity index (χ4v) is 3.43. The molecule has 0 unspecified atom stereocenters. The van der Waals surface area contributed by atoms with E-state index in [1.54, 1.807) is 30.6 Å². The van der Waals surface area contributed by atoms with Crippen molar-refractivity contribution in [1.29, 1.82) is 0 Å². The molecule has 3 aromatic rings. The van der Waals surface area contributed by atoms with Gasteiger partial charge in [-0.2, -0.15) is 0 Å². The van der Waals surface area contributed by atoms with E-state index in [1.165, 1.54) is 24.2 Å². The summed E-state index contributed by atoms with van der Waals surface area (Å²) in [5.41, 5.74) is 4.45. The van der Waals surface area contributed by atoms with Gasteiger partial charge in [0, 0.05) is 11.3 Å². The molecule has 0 aliphatic carbocycles. The van der Waals surface area contributed by atoms with Gasteiger partial charge in [0.15, 0.2) is 10.9 Å². The molecule has 138 valence electrons. The van der Waals surface area contributed by atoms with Gasteiger partial charge in [0.2, 0.25) is 5.91 Å². The number of thioether (sulfide) groups is 1. The molecule has 0 atom stereocenters. The number of hydrogen-bond acceptors (Lipinski definition) is 5. The van der Waals surface area contributed by atoms with Gasteiger partial charge in [0.25, 0.3) is 0 Å². The third-order valence-corrected chi connectivity index (χ3v) is 4.96. The largest absolute Gasteiger partial charge is 0.325 e. The minimum atomic E-state index is -0.170. The average Bonchev–Trinajstić information content (AvgIpc) is 3.08. The molecule has 0 spiro atoms. The molecule has 6 nitrogen and oxygen atoms in total. The topological polar surface area (TPSA) is 76.9 Å². The summed E-state index contributed by atoms with van der Waals surface area (Å²) in [6, 6.07) is 13.0. The highest BCUT2D eigenvalue weighted by Gasteiger charge is 2.12. The van der Waals surface area contributed by atoms with Crippen LogP contribution in [0.2, 0.25) is 0 Å². The molecule has 1 heterocycles. The quantitative estimate of drug-likeness (QED) is 0.520. The van der Waals surface area contributed by atoms with Crippen LogP contribution < -0.4 is 5.32 Å². The number of benzene rings is 2. The molecule has 0 radical (unpaired) electrons. The Morgan fingerprint density at radius 3 is 2.70 bits per heavy atom. The van der Waals surface area contributed by atoms with Crippen LogP contribution in [0.15, 0.2) is 53.9 Å². The first-order valence-corrected chi connectivity index (χ1v) is 9.44. The number of aryl methyl sites for hydroxylation is 2. The summed E-state index contributed by atoms with van der Waals surface area (Å²) in [6.45, 7) is 5.58. The highest BCUT2D eigenvalue weighted by atomic mass is 32.2. The number of carbonyl (C=O) groups excluding carboxylic acids is 2.